The van der Waals surface area contributed by atoms with E-state index in [4.69, 9.17) is 0 Å². The van der Waals surface area contributed by atoms with Gasteiger partial charge in [0.15, 0.2) is 0 Å². The highest BCUT2D eigenvalue weighted by Crippen LogP contribution is 2.44. The van der Waals surface area contributed by atoms with Gasteiger partial charge >= 0.3 is 0 Å². The SMILES string of the molecule is CCC(C)(C)C1CCC(C#N)(Nc2ccccc2F)CC1. The fourth-order valence-electron chi connectivity index (χ4n) is 3.27. The van der Waals surface area contributed by atoms with E-state index in [1.54, 1.807) is 18.2 Å². The summed E-state index contributed by atoms with van der Waals surface area (Å²) in [7, 11) is 0. The number of nitrogens with one attached hydrogen (secondary N) is 1. The van der Waals surface area contributed by atoms with Crippen LogP contribution >= 0.6 is 0 Å². The van der Waals surface area contributed by atoms with E-state index in [-0.39, 0.29) is 5.82 Å². The first-order valence-corrected chi connectivity index (χ1v) is 7.86. The summed E-state index contributed by atoms with van der Waals surface area (Å²) in [6.45, 7) is 6.84. The van der Waals surface area contributed by atoms with Crippen molar-refractivity contribution in [2.24, 2.45) is 11.3 Å². The molecule has 114 valence electrons. The second-order valence-electron chi connectivity index (χ2n) is 6.92. The van der Waals surface area contributed by atoms with Crippen LogP contribution in [0.1, 0.15) is 52.9 Å². The molecule has 1 aliphatic carbocycles. The summed E-state index contributed by atoms with van der Waals surface area (Å²) in [6, 6.07) is 9.00. The van der Waals surface area contributed by atoms with Gasteiger partial charge in [0, 0.05) is 0 Å². The van der Waals surface area contributed by atoms with Crippen molar-refractivity contribution in [1.29, 1.82) is 5.26 Å². The predicted molar refractivity (Wildman–Crippen MR) is 84.4 cm³/mol. The van der Waals surface area contributed by atoms with Crippen molar-refractivity contribution in [1.82, 2.24) is 0 Å². The van der Waals surface area contributed by atoms with E-state index in [0.717, 1.165) is 32.1 Å². The molecule has 0 bridgehead atoms. The first-order chi connectivity index (χ1) is 9.92. The van der Waals surface area contributed by atoms with Gasteiger partial charge in [0.05, 0.1) is 11.8 Å². The van der Waals surface area contributed by atoms with Crippen molar-refractivity contribution in [3.8, 4) is 6.07 Å². The molecule has 3 heteroatoms. The summed E-state index contributed by atoms with van der Waals surface area (Å²) in [5, 5.41) is 12.8. The number of hydrogen-bond donors (Lipinski definition) is 1. The van der Waals surface area contributed by atoms with Crippen LogP contribution in [0, 0.1) is 28.5 Å². The molecule has 0 heterocycles. The van der Waals surface area contributed by atoms with Crippen molar-refractivity contribution in [3.05, 3.63) is 30.1 Å². The average Bonchev–Trinajstić information content (AvgIpc) is 2.50. The summed E-state index contributed by atoms with van der Waals surface area (Å²) in [5.41, 5.74) is 0.134. The van der Waals surface area contributed by atoms with E-state index >= 15 is 0 Å². The van der Waals surface area contributed by atoms with Gasteiger partial charge in [-0.25, -0.2) is 4.39 Å². The van der Waals surface area contributed by atoms with Crippen molar-refractivity contribution in [3.63, 3.8) is 0 Å². The highest BCUT2D eigenvalue weighted by Gasteiger charge is 2.40. The maximum absolute atomic E-state index is 13.8. The van der Waals surface area contributed by atoms with Crippen LogP contribution in [0.25, 0.3) is 0 Å². The monoisotopic (exact) mass is 288 g/mol. The molecule has 1 aromatic rings. The van der Waals surface area contributed by atoms with E-state index in [1.807, 2.05) is 0 Å². The first kappa shape index (κ1) is 15.8. The lowest BCUT2D eigenvalue weighted by Gasteiger charge is -2.42. The number of para-hydroxylation sites is 1. The fourth-order valence-corrected chi connectivity index (χ4v) is 3.27. The van der Waals surface area contributed by atoms with Gasteiger partial charge in [0.25, 0.3) is 0 Å². The molecule has 21 heavy (non-hydrogen) atoms. The van der Waals surface area contributed by atoms with Gasteiger partial charge in [0.2, 0.25) is 0 Å². The van der Waals surface area contributed by atoms with Crippen LogP contribution in [0.15, 0.2) is 24.3 Å². The van der Waals surface area contributed by atoms with Crippen LogP contribution in [0.4, 0.5) is 10.1 Å². The van der Waals surface area contributed by atoms with Crippen molar-refractivity contribution >= 4 is 5.69 Å². The molecular formula is C18H25FN2. The molecule has 2 rings (SSSR count). The van der Waals surface area contributed by atoms with E-state index in [9.17, 15) is 9.65 Å². The smallest absolute Gasteiger partial charge is 0.146 e. The van der Waals surface area contributed by atoms with Crippen LogP contribution in [-0.4, -0.2) is 5.54 Å². The molecule has 0 spiro atoms. The molecule has 0 aromatic heterocycles. The van der Waals surface area contributed by atoms with Gasteiger partial charge in [-0.05, 0) is 49.1 Å². The molecule has 0 unspecified atom stereocenters. The second-order valence-corrected chi connectivity index (χ2v) is 6.92. The summed E-state index contributed by atoms with van der Waals surface area (Å²) in [4.78, 5) is 0. The Morgan fingerprint density at radius 3 is 2.48 bits per heavy atom. The second kappa shape index (κ2) is 6.05. The molecule has 1 fully saturated rings. The minimum absolute atomic E-state index is 0.289. The number of anilines is 1. The lowest BCUT2D eigenvalue weighted by Crippen LogP contribution is -2.43. The van der Waals surface area contributed by atoms with Gasteiger partial charge < -0.3 is 5.32 Å². The summed E-state index contributed by atoms with van der Waals surface area (Å²) >= 11 is 0. The Labute approximate surface area is 127 Å². The Morgan fingerprint density at radius 2 is 1.95 bits per heavy atom. The van der Waals surface area contributed by atoms with Crippen LogP contribution in [0.2, 0.25) is 0 Å². The molecule has 0 saturated heterocycles. The summed E-state index contributed by atoms with van der Waals surface area (Å²) in [5.74, 6) is 0.356. The predicted octanol–water partition coefficient (Wildman–Crippen LogP) is 5.13. The van der Waals surface area contributed by atoms with Crippen LogP contribution < -0.4 is 5.32 Å². The summed E-state index contributed by atoms with van der Waals surface area (Å²) < 4.78 is 13.8. The van der Waals surface area contributed by atoms with E-state index in [0.29, 0.717) is 17.0 Å². The van der Waals surface area contributed by atoms with Gasteiger partial charge in [-0.1, -0.05) is 39.3 Å². The van der Waals surface area contributed by atoms with Crippen molar-refractivity contribution < 1.29 is 4.39 Å². The molecule has 1 N–H and O–H groups in total. The minimum Gasteiger partial charge on any atom is -0.365 e. The van der Waals surface area contributed by atoms with Crippen LogP contribution in [-0.2, 0) is 0 Å². The molecule has 0 amide bonds. The number of nitriles is 1. The van der Waals surface area contributed by atoms with E-state index < -0.39 is 5.54 Å². The third kappa shape index (κ3) is 3.37. The fraction of sp³-hybridized carbons (Fsp3) is 0.611. The zero-order valence-corrected chi connectivity index (χ0v) is 13.2. The standard InChI is InChI=1S/C18H25FN2/c1-4-17(2,3)14-9-11-18(13-20,12-10-14)21-16-8-6-5-7-15(16)19/h5-8,14,21H,4,9-12H2,1-3H3. The lowest BCUT2D eigenvalue weighted by molar-refractivity contribution is 0.135. The number of halogens is 1. The molecule has 0 atom stereocenters. The largest absolute Gasteiger partial charge is 0.365 e. The Hall–Kier alpha value is -1.56. The Balaban J connectivity index is 2.09. The van der Waals surface area contributed by atoms with E-state index in [1.165, 1.54) is 6.07 Å². The topological polar surface area (TPSA) is 35.8 Å². The molecular weight excluding hydrogens is 263 g/mol. The maximum atomic E-state index is 13.8. The van der Waals surface area contributed by atoms with Gasteiger partial charge in [-0.15, -0.1) is 0 Å². The highest BCUT2D eigenvalue weighted by atomic mass is 19.1. The molecule has 1 saturated carbocycles. The number of hydrogen-bond acceptors (Lipinski definition) is 2. The zero-order chi connectivity index (χ0) is 15.5. The number of rotatable bonds is 4. The zero-order valence-electron chi connectivity index (χ0n) is 13.2. The minimum atomic E-state index is -0.623. The quantitative estimate of drug-likeness (QED) is 0.834. The van der Waals surface area contributed by atoms with Crippen LogP contribution in [0.5, 0.6) is 0 Å². The van der Waals surface area contributed by atoms with E-state index in [2.05, 4.69) is 32.2 Å². The Morgan fingerprint density at radius 1 is 1.33 bits per heavy atom. The first-order valence-electron chi connectivity index (χ1n) is 7.86. The molecule has 1 aliphatic rings. The van der Waals surface area contributed by atoms with Gasteiger partial charge in [0.1, 0.15) is 11.4 Å². The van der Waals surface area contributed by atoms with Gasteiger partial charge in [-0.2, -0.15) is 5.26 Å². The number of nitrogens with zero attached hydrogens (tertiary/aromatic N) is 1. The Bertz CT molecular complexity index is 522. The molecule has 1 aromatic carbocycles. The third-order valence-corrected chi connectivity index (χ3v) is 5.32. The van der Waals surface area contributed by atoms with Crippen LogP contribution in [0.3, 0.4) is 0 Å². The van der Waals surface area contributed by atoms with Crippen molar-refractivity contribution in [2.75, 3.05) is 5.32 Å². The highest BCUT2D eigenvalue weighted by molar-refractivity contribution is 5.49. The Kier molecular flexibility index (Phi) is 4.56. The summed E-state index contributed by atoms with van der Waals surface area (Å²) in [6.07, 6.45) is 4.77. The maximum Gasteiger partial charge on any atom is 0.146 e. The third-order valence-electron chi connectivity index (χ3n) is 5.32. The molecule has 0 radical (unpaired) electrons. The molecule has 2 nitrogen and oxygen atoms in total. The van der Waals surface area contributed by atoms with Gasteiger partial charge in [-0.3, -0.25) is 0 Å². The number of benzene rings is 1. The van der Waals surface area contributed by atoms with Crippen molar-refractivity contribution in [2.45, 2.75) is 58.4 Å². The molecule has 0 aliphatic heterocycles. The lowest BCUT2D eigenvalue weighted by atomic mass is 9.66. The normalized spacial score (nSPS) is 26.1. The average molecular weight is 288 g/mol.